The number of imidazole rings is 1. The van der Waals surface area contributed by atoms with Gasteiger partial charge in [-0.2, -0.15) is 0 Å². The Morgan fingerprint density at radius 2 is 1.86 bits per heavy atom. The van der Waals surface area contributed by atoms with Gasteiger partial charge in [0.25, 0.3) is 0 Å². The molecule has 4 heteroatoms. The van der Waals surface area contributed by atoms with Gasteiger partial charge in [-0.05, 0) is 36.2 Å². The summed E-state index contributed by atoms with van der Waals surface area (Å²) in [5.74, 6) is 1.67. The number of ether oxygens (including phenoxy) is 2. The van der Waals surface area contributed by atoms with Gasteiger partial charge in [0.05, 0.1) is 18.1 Å². The summed E-state index contributed by atoms with van der Waals surface area (Å²) < 4.78 is 11.3. The summed E-state index contributed by atoms with van der Waals surface area (Å²) >= 11 is 0. The molecule has 114 valence electrons. The van der Waals surface area contributed by atoms with Crippen LogP contribution in [0.25, 0.3) is 11.0 Å². The smallest absolute Gasteiger partial charge is 0.141 e. The number of hydrogen-bond acceptors (Lipinski definition) is 3. The first kappa shape index (κ1) is 14.6. The summed E-state index contributed by atoms with van der Waals surface area (Å²) in [6.45, 7) is 2.79. The Labute approximate surface area is 130 Å². The summed E-state index contributed by atoms with van der Waals surface area (Å²) in [6.07, 6.45) is 0.769. The number of aromatic nitrogens is 2. The molecule has 0 radical (unpaired) electrons. The van der Waals surface area contributed by atoms with Gasteiger partial charge in [-0.25, -0.2) is 4.98 Å². The lowest BCUT2D eigenvalue weighted by Crippen LogP contribution is -2.09. The monoisotopic (exact) mass is 296 g/mol. The molecule has 0 aliphatic heterocycles. The zero-order chi connectivity index (χ0) is 15.4. The van der Waals surface area contributed by atoms with Gasteiger partial charge in [0.1, 0.15) is 17.7 Å². The van der Waals surface area contributed by atoms with Gasteiger partial charge in [0.15, 0.2) is 0 Å². The van der Waals surface area contributed by atoms with Gasteiger partial charge in [-0.3, -0.25) is 0 Å². The average molecular weight is 296 g/mol. The molecule has 0 bridgehead atoms. The third-order valence-electron chi connectivity index (χ3n) is 3.56. The summed E-state index contributed by atoms with van der Waals surface area (Å²) in [5.41, 5.74) is 3.04. The van der Waals surface area contributed by atoms with Crippen LogP contribution in [0.15, 0.2) is 48.5 Å². The fourth-order valence-electron chi connectivity index (χ4n) is 2.44. The fraction of sp³-hybridized carbons (Fsp3) is 0.278. The van der Waals surface area contributed by atoms with Crippen molar-refractivity contribution in [2.45, 2.75) is 19.4 Å². The molecule has 1 aromatic heterocycles. The van der Waals surface area contributed by atoms with Crippen molar-refractivity contribution in [3.63, 3.8) is 0 Å². The van der Waals surface area contributed by atoms with Crippen molar-refractivity contribution in [3.8, 4) is 5.75 Å². The number of aromatic amines is 1. The fourth-order valence-corrected chi connectivity index (χ4v) is 2.44. The van der Waals surface area contributed by atoms with Crippen LogP contribution in [0.5, 0.6) is 5.75 Å². The molecule has 22 heavy (non-hydrogen) atoms. The lowest BCUT2D eigenvalue weighted by Gasteiger charge is -2.16. The van der Waals surface area contributed by atoms with E-state index in [-0.39, 0.29) is 6.10 Å². The Morgan fingerprint density at radius 3 is 2.55 bits per heavy atom. The van der Waals surface area contributed by atoms with Crippen molar-refractivity contribution >= 4 is 11.0 Å². The van der Waals surface area contributed by atoms with E-state index in [1.165, 1.54) is 0 Å². The number of H-pyrrole nitrogens is 1. The first-order valence-corrected chi connectivity index (χ1v) is 7.52. The minimum Gasteiger partial charge on any atom is -0.497 e. The molecule has 0 amide bonds. The van der Waals surface area contributed by atoms with E-state index in [0.29, 0.717) is 6.61 Å². The van der Waals surface area contributed by atoms with Crippen LogP contribution < -0.4 is 4.74 Å². The Balaban J connectivity index is 1.97. The van der Waals surface area contributed by atoms with Crippen molar-refractivity contribution in [1.82, 2.24) is 9.97 Å². The second-order valence-corrected chi connectivity index (χ2v) is 5.16. The van der Waals surface area contributed by atoms with Crippen LogP contribution in [0, 0.1) is 0 Å². The van der Waals surface area contributed by atoms with Crippen molar-refractivity contribution in [2.75, 3.05) is 13.7 Å². The second-order valence-electron chi connectivity index (χ2n) is 5.16. The lowest BCUT2D eigenvalue weighted by molar-refractivity contribution is 0.0755. The van der Waals surface area contributed by atoms with Gasteiger partial charge < -0.3 is 14.5 Å². The third-order valence-corrected chi connectivity index (χ3v) is 3.56. The molecule has 0 spiro atoms. The molecule has 3 aromatic rings. The molecule has 4 nitrogen and oxygen atoms in total. The first-order chi connectivity index (χ1) is 10.8. The highest BCUT2D eigenvalue weighted by Gasteiger charge is 2.18. The van der Waals surface area contributed by atoms with Gasteiger partial charge >= 0.3 is 0 Å². The maximum Gasteiger partial charge on any atom is 0.141 e. The summed E-state index contributed by atoms with van der Waals surface area (Å²) in [4.78, 5) is 8.04. The molecule has 0 saturated heterocycles. The largest absolute Gasteiger partial charge is 0.497 e. The molecule has 0 aliphatic carbocycles. The lowest BCUT2D eigenvalue weighted by atomic mass is 10.1. The van der Waals surface area contributed by atoms with Gasteiger partial charge in [0.2, 0.25) is 0 Å². The van der Waals surface area contributed by atoms with E-state index in [2.05, 4.69) is 16.9 Å². The number of hydrogen-bond donors (Lipinski definition) is 1. The topological polar surface area (TPSA) is 47.1 Å². The second kappa shape index (κ2) is 6.62. The van der Waals surface area contributed by atoms with Crippen LogP contribution in [0.1, 0.15) is 30.8 Å². The predicted octanol–water partition coefficient (Wildman–Crippen LogP) is 4.09. The molecule has 0 aliphatic rings. The minimum absolute atomic E-state index is 0.196. The minimum atomic E-state index is -0.196. The van der Waals surface area contributed by atoms with Crippen LogP contribution in [0.4, 0.5) is 0 Å². The van der Waals surface area contributed by atoms with Crippen molar-refractivity contribution in [3.05, 3.63) is 59.9 Å². The maximum atomic E-state index is 6.03. The number of nitrogens with one attached hydrogen (secondary N) is 1. The van der Waals surface area contributed by atoms with E-state index in [1.807, 2.05) is 48.5 Å². The summed E-state index contributed by atoms with van der Waals surface area (Å²) in [5, 5.41) is 0. The summed E-state index contributed by atoms with van der Waals surface area (Å²) in [6, 6.07) is 15.9. The van der Waals surface area contributed by atoms with Crippen molar-refractivity contribution < 1.29 is 9.47 Å². The number of benzene rings is 2. The van der Waals surface area contributed by atoms with Crippen LogP contribution >= 0.6 is 0 Å². The van der Waals surface area contributed by atoms with E-state index >= 15 is 0 Å². The van der Waals surface area contributed by atoms with Crippen LogP contribution in [-0.4, -0.2) is 23.7 Å². The van der Waals surface area contributed by atoms with E-state index in [1.54, 1.807) is 7.11 Å². The van der Waals surface area contributed by atoms with Crippen LogP contribution in [0.3, 0.4) is 0 Å². The molecule has 0 saturated carbocycles. The molecule has 3 rings (SSSR count). The highest BCUT2D eigenvalue weighted by atomic mass is 16.5. The molecule has 0 fully saturated rings. The van der Waals surface area contributed by atoms with Gasteiger partial charge in [-0.1, -0.05) is 31.2 Å². The normalized spacial score (nSPS) is 12.5. The molecular weight excluding hydrogens is 276 g/mol. The van der Waals surface area contributed by atoms with E-state index < -0.39 is 0 Å². The predicted molar refractivity (Wildman–Crippen MR) is 87.2 cm³/mol. The number of nitrogens with zero attached hydrogens (tertiary/aromatic N) is 1. The van der Waals surface area contributed by atoms with Crippen molar-refractivity contribution in [2.24, 2.45) is 0 Å². The molecule has 1 N–H and O–H groups in total. The molecule has 1 heterocycles. The average Bonchev–Trinajstić information content (AvgIpc) is 2.99. The maximum absolute atomic E-state index is 6.03. The third kappa shape index (κ3) is 2.97. The highest BCUT2D eigenvalue weighted by Crippen LogP contribution is 2.27. The van der Waals surface area contributed by atoms with Crippen LogP contribution in [-0.2, 0) is 4.74 Å². The SMILES string of the molecule is CCCOC(c1ccc(OC)cc1)c1nc2ccccc2[nH]1. The molecule has 1 unspecified atom stereocenters. The van der Waals surface area contributed by atoms with E-state index in [4.69, 9.17) is 9.47 Å². The first-order valence-electron chi connectivity index (χ1n) is 7.52. The number of methoxy groups -OCH3 is 1. The zero-order valence-electron chi connectivity index (χ0n) is 12.9. The van der Waals surface area contributed by atoms with Gasteiger partial charge in [0, 0.05) is 6.61 Å². The quantitative estimate of drug-likeness (QED) is 0.745. The summed E-state index contributed by atoms with van der Waals surface area (Å²) in [7, 11) is 1.67. The Bertz CT molecular complexity index is 701. The molecular formula is C18H20N2O2. The van der Waals surface area contributed by atoms with Crippen molar-refractivity contribution in [1.29, 1.82) is 0 Å². The van der Waals surface area contributed by atoms with Gasteiger partial charge in [-0.15, -0.1) is 0 Å². The Kier molecular flexibility index (Phi) is 4.39. The Morgan fingerprint density at radius 1 is 1.09 bits per heavy atom. The standard InChI is InChI=1S/C18H20N2O2/c1-3-12-22-17(13-8-10-14(21-2)11-9-13)18-19-15-6-4-5-7-16(15)20-18/h4-11,17H,3,12H2,1-2H3,(H,19,20). The van der Waals surface area contributed by atoms with E-state index in [0.717, 1.165) is 34.6 Å². The number of fused-ring (bicyclic) bond motifs is 1. The number of rotatable bonds is 6. The van der Waals surface area contributed by atoms with Crippen LogP contribution in [0.2, 0.25) is 0 Å². The molecule has 2 aromatic carbocycles. The number of para-hydroxylation sites is 2. The van der Waals surface area contributed by atoms with E-state index in [9.17, 15) is 0 Å². The molecule has 1 atom stereocenters. The highest BCUT2D eigenvalue weighted by molar-refractivity contribution is 5.74. The Hall–Kier alpha value is -2.33. The zero-order valence-corrected chi connectivity index (χ0v) is 12.9.